The number of carbonyl (C=O) groups is 2. The van der Waals surface area contributed by atoms with E-state index in [9.17, 15) is 9.59 Å². The van der Waals surface area contributed by atoms with Crippen molar-refractivity contribution in [3.05, 3.63) is 58.6 Å². The molecule has 1 aliphatic heterocycles. The van der Waals surface area contributed by atoms with Crippen LogP contribution in [0.5, 0.6) is 0 Å². The third-order valence-electron chi connectivity index (χ3n) is 4.22. The Morgan fingerprint density at radius 3 is 2.59 bits per heavy atom. The van der Waals surface area contributed by atoms with Gasteiger partial charge < -0.3 is 5.32 Å². The molecule has 2 aromatic rings. The van der Waals surface area contributed by atoms with Gasteiger partial charge >= 0.3 is 0 Å². The van der Waals surface area contributed by atoms with Crippen LogP contribution in [0.25, 0.3) is 0 Å². The predicted octanol–water partition coefficient (Wildman–Crippen LogP) is 4.55. The molecule has 3 rings (SSSR count). The number of hydrogen-bond donors (Lipinski definition) is 1. The minimum atomic E-state index is -0.480. The molecule has 2 aromatic carbocycles. The van der Waals surface area contributed by atoms with E-state index in [1.165, 1.54) is 16.7 Å². The van der Waals surface area contributed by atoms with E-state index < -0.39 is 5.25 Å². The molecule has 1 saturated heterocycles. The van der Waals surface area contributed by atoms with Crippen LogP contribution in [0.1, 0.15) is 17.5 Å². The molecule has 0 spiro atoms. The number of benzene rings is 2. The number of rotatable bonds is 4. The first-order chi connectivity index (χ1) is 12.8. The molecule has 140 valence electrons. The van der Waals surface area contributed by atoms with E-state index in [0.29, 0.717) is 10.2 Å². The molecule has 27 heavy (non-hydrogen) atoms. The van der Waals surface area contributed by atoms with Crippen LogP contribution in [-0.4, -0.2) is 34.2 Å². The van der Waals surface area contributed by atoms with E-state index in [2.05, 4.69) is 10.3 Å². The molecule has 1 aliphatic rings. The van der Waals surface area contributed by atoms with Crippen LogP contribution in [-0.2, 0) is 9.59 Å². The molecule has 7 heteroatoms. The molecule has 0 unspecified atom stereocenters. The molecule has 0 saturated carbocycles. The normalized spacial score (nSPS) is 18.2. The van der Waals surface area contributed by atoms with E-state index in [0.717, 1.165) is 22.5 Å². The first-order valence-electron chi connectivity index (χ1n) is 8.49. The number of nitrogens with zero attached hydrogens (tertiary/aromatic N) is 2. The maximum Gasteiger partial charge on any atom is 0.242 e. The Labute approximate surface area is 167 Å². The van der Waals surface area contributed by atoms with Crippen molar-refractivity contribution in [2.45, 2.75) is 25.5 Å². The SMILES string of the molecule is Cc1ccc(NC(=O)C[C@@H]2SC(=Nc3ccc(Cl)cc3C)N(C)C2=O)cc1. The molecule has 0 bridgehead atoms. The van der Waals surface area contributed by atoms with Gasteiger partial charge in [-0.2, -0.15) is 0 Å². The van der Waals surface area contributed by atoms with E-state index in [-0.39, 0.29) is 18.2 Å². The number of anilines is 1. The van der Waals surface area contributed by atoms with Crippen LogP contribution in [0.2, 0.25) is 5.02 Å². The summed E-state index contributed by atoms with van der Waals surface area (Å²) in [5.74, 6) is -0.313. The number of aryl methyl sites for hydroxylation is 2. The maximum absolute atomic E-state index is 12.5. The number of amides is 2. The van der Waals surface area contributed by atoms with Crippen molar-refractivity contribution < 1.29 is 9.59 Å². The van der Waals surface area contributed by atoms with Crippen LogP contribution < -0.4 is 5.32 Å². The quantitative estimate of drug-likeness (QED) is 0.817. The summed E-state index contributed by atoms with van der Waals surface area (Å²) in [5.41, 5.74) is 3.53. The summed E-state index contributed by atoms with van der Waals surface area (Å²) in [6.07, 6.45) is 0.0976. The van der Waals surface area contributed by atoms with Crippen molar-refractivity contribution >= 4 is 51.7 Å². The lowest BCUT2D eigenvalue weighted by Gasteiger charge is -2.10. The first-order valence-corrected chi connectivity index (χ1v) is 9.75. The number of amidine groups is 1. The molecular formula is C20H20ClN3O2S. The summed E-state index contributed by atoms with van der Waals surface area (Å²) in [6.45, 7) is 3.90. The van der Waals surface area contributed by atoms with Gasteiger partial charge in [0.15, 0.2) is 5.17 Å². The Morgan fingerprint density at radius 2 is 1.93 bits per heavy atom. The second-order valence-electron chi connectivity index (χ2n) is 6.45. The summed E-state index contributed by atoms with van der Waals surface area (Å²) in [5, 5.41) is 3.58. The minimum absolute atomic E-state index is 0.0976. The Hall–Kier alpha value is -2.31. The fourth-order valence-electron chi connectivity index (χ4n) is 2.66. The van der Waals surface area contributed by atoms with Crippen LogP contribution in [0, 0.1) is 13.8 Å². The average molecular weight is 402 g/mol. The maximum atomic E-state index is 12.5. The first kappa shape index (κ1) is 19.5. The third-order valence-corrected chi connectivity index (χ3v) is 5.69. The third kappa shape index (κ3) is 4.70. The molecule has 0 aromatic heterocycles. The smallest absolute Gasteiger partial charge is 0.242 e. The summed E-state index contributed by atoms with van der Waals surface area (Å²) in [7, 11) is 1.68. The predicted molar refractivity (Wildman–Crippen MR) is 112 cm³/mol. The second-order valence-corrected chi connectivity index (χ2v) is 8.05. The Balaban J connectivity index is 1.69. The lowest BCUT2D eigenvalue weighted by atomic mass is 10.2. The van der Waals surface area contributed by atoms with Crippen molar-refractivity contribution in [3.63, 3.8) is 0 Å². The molecule has 0 radical (unpaired) electrons. The van der Waals surface area contributed by atoms with Gasteiger partial charge in [0.1, 0.15) is 5.25 Å². The number of thioether (sulfide) groups is 1. The standard InChI is InChI=1S/C20H20ClN3O2S/c1-12-4-7-15(8-5-12)22-18(25)11-17-19(26)24(3)20(27-17)23-16-9-6-14(21)10-13(16)2/h4-10,17H,11H2,1-3H3,(H,22,25)/t17-/m0/s1. The van der Waals surface area contributed by atoms with E-state index in [1.54, 1.807) is 13.1 Å². The number of aliphatic imine (C=N–C) groups is 1. The molecule has 5 nitrogen and oxygen atoms in total. The van der Waals surface area contributed by atoms with Crippen LogP contribution in [0.3, 0.4) is 0 Å². The molecule has 0 aliphatic carbocycles. The van der Waals surface area contributed by atoms with Crippen molar-refractivity contribution in [2.75, 3.05) is 12.4 Å². The van der Waals surface area contributed by atoms with E-state index in [4.69, 9.17) is 11.6 Å². The summed E-state index contributed by atoms with van der Waals surface area (Å²) in [4.78, 5) is 30.9. The lowest BCUT2D eigenvalue weighted by molar-refractivity contribution is -0.127. The second kappa shape index (κ2) is 8.15. The number of carbonyl (C=O) groups excluding carboxylic acids is 2. The molecule has 1 N–H and O–H groups in total. The highest BCUT2D eigenvalue weighted by Crippen LogP contribution is 2.32. The van der Waals surface area contributed by atoms with Gasteiger partial charge in [0.25, 0.3) is 0 Å². The minimum Gasteiger partial charge on any atom is -0.326 e. The summed E-state index contributed by atoms with van der Waals surface area (Å²) < 4.78 is 0. The van der Waals surface area contributed by atoms with E-state index in [1.807, 2.05) is 50.2 Å². The number of hydrogen-bond acceptors (Lipinski definition) is 4. The summed E-state index contributed by atoms with van der Waals surface area (Å²) >= 11 is 7.29. The van der Waals surface area contributed by atoms with Crippen LogP contribution >= 0.6 is 23.4 Å². The van der Waals surface area contributed by atoms with Crippen LogP contribution in [0.15, 0.2) is 47.5 Å². The van der Waals surface area contributed by atoms with Gasteiger partial charge in [-0.25, -0.2) is 4.99 Å². The zero-order chi connectivity index (χ0) is 19.6. The van der Waals surface area contributed by atoms with E-state index >= 15 is 0 Å². The highest BCUT2D eigenvalue weighted by atomic mass is 35.5. The largest absolute Gasteiger partial charge is 0.326 e. The fourth-order valence-corrected chi connectivity index (χ4v) is 4.04. The van der Waals surface area contributed by atoms with Gasteiger partial charge in [-0.05, 0) is 49.7 Å². The summed E-state index contributed by atoms with van der Waals surface area (Å²) in [6, 6.07) is 13.0. The van der Waals surface area contributed by atoms with Crippen molar-refractivity contribution in [3.8, 4) is 0 Å². The Morgan fingerprint density at radius 1 is 1.22 bits per heavy atom. The molecular weight excluding hydrogens is 382 g/mol. The van der Waals surface area contributed by atoms with Gasteiger partial charge in [-0.1, -0.05) is 41.1 Å². The monoisotopic (exact) mass is 401 g/mol. The van der Waals surface area contributed by atoms with Crippen molar-refractivity contribution in [2.24, 2.45) is 4.99 Å². The molecule has 1 fully saturated rings. The Kier molecular flexibility index (Phi) is 5.87. The Bertz CT molecular complexity index is 912. The highest BCUT2D eigenvalue weighted by molar-refractivity contribution is 8.15. The topological polar surface area (TPSA) is 61.8 Å². The van der Waals surface area contributed by atoms with Gasteiger partial charge in [0.05, 0.1) is 5.69 Å². The van der Waals surface area contributed by atoms with Crippen LogP contribution in [0.4, 0.5) is 11.4 Å². The van der Waals surface area contributed by atoms with Gasteiger partial charge in [0, 0.05) is 24.2 Å². The van der Waals surface area contributed by atoms with Gasteiger partial charge in [0.2, 0.25) is 11.8 Å². The molecule has 1 atom stereocenters. The van der Waals surface area contributed by atoms with Gasteiger partial charge in [-0.15, -0.1) is 0 Å². The highest BCUT2D eigenvalue weighted by Gasteiger charge is 2.37. The fraction of sp³-hybridized carbons (Fsp3) is 0.250. The zero-order valence-corrected chi connectivity index (χ0v) is 16.9. The zero-order valence-electron chi connectivity index (χ0n) is 15.3. The number of nitrogens with one attached hydrogen (secondary N) is 1. The molecule has 1 heterocycles. The molecule has 2 amide bonds. The van der Waals surface area contributed by atoms with Crippen molar-refractivity contribution in [1.29, 1.82) is 0 Å². The van der Waals surface area contributed by atoms with Crippen molar-refractivity contribution in [1.82, 2.24) is 4.90 Å². The average Bonchev–Trinajstić information content (AvgIpc) is 2.87. The van der Waals surface area contributed by atoms with Gasteiger partial charge in [-0.3, -0.25) is 14.5 Å². The lowest BCUT2D eigenvalue weighted by Crippen LogP contribution is -2.30. The number of halogens is 1.